The summed E-state index contributed by atoms with van der Waals surface area (Å²) in [5.41, 5.74) is 1.25. The summed E-state index contributed by atoms with van der Waals surface area (Å²) in [6.07, 6.45) is 6.40. The maximum Gasteiger partial charge on any atom is 0.137 e. The number of hydrogen-bond donors (Lipinski definition) is 1. The topological polar surface area (TPSA) is 44.3 Å². The number of likely N-dealkylation sites (tertiary alicyclic amines) is 1. The van der Waals surface area contributed by atoms with Gasteiger partial charge in [0.15, 0.2) is 0 Å². The second-order valence-corrected chi connectivity index (χ2v) is 5.96. The number of nitrogens with one attached hydrogen (secondary N) is 1. The van der Waals surface area contributed by atoms with Gasteiger partial charge in [0, 0.05) is 31.7 Å². The summed E-state index contributed by atoms with van der Waals surface area (Å²) in [4.78, 5) is 13.7. The first-order chi connectivity index (χ1) is 10.2. The van der Waals surface area contributed by atoms with Crippen molar-refractivity contribution in [3.8, 4) is 0 Å². The number of nitrogens with zero attached hydrogens (tertiary/aromatic N) is 4. The van der Waals surface area contributed by atoms with Crippen LogP contribution >= 0.6 is 0 Å². The smallest absolute Gasteiger partial charge is 0.137 e. The Bertz CT molecular complexity index is 448. The van der Waals surface area contributed by atoms with Crippen molar-refractivity contribution in [3.05, 3.63) is 11.9 Å². The lowest BCUT2D eigenvalue weighted by Crippen LogP contribution is -2.37. The molecule has 1 saturated heterocycles. The first-order valence-corrected chi connectivity index (χ1v) is 8.16. The highest BCUT2D eigenvalue weighted by Crippen LogP contribution is 2.26. The molecule has 2 rings (SSSR count). The zero-order valence-corrected chi connectivity index (χ0v) is 13.9. The van der Waals surface area contributed by atoms with E-state index in [1.165, 1.54) is 24.9 Å². The van der Waals surface area contributed by atoms with E-state index in [1.54, 1.807) is 6.33 Å². The van der Waals surface area contributed by atoms with Crippen LogP contribution in [0, 0.1) is 0 Å². The average molecular weight is 291 g/mol. The molecule has 0 aromatic carbocycles. The standard InChI is InChI=1S/C16H29N5/c1-5-8-14-15(17-6-2)18-12-19-16(14)21(4)11-13-9-7-10-20(13)3/h12-13H,5-11H2,1-4H3,(H,17,18,19). The van der Waals surface area contributed by atoms with Gasteiger partial charge in [-0.2, -0.15) is 0 Å². The molecule has 1 aromatic rings. The van der Waals surface area contributed by atoms with E-state index in [2.05, 4.69) is 53.0 Å². The van der Waals surface area contributed by atoms with E-state index in [-0.39, 0.29) is 0 Å². The maximum absolute atomic E-state index is 4.56. The molecule has 0 spiro atoms. The Hall–Kier alpha value is -1.36. The second-order valence-electron chi connectivity index (χ2n) is 5.96. The van der Waals surface area contributed by atoms with Gasteiger partial charge in [0.2, 0.25) is 0 Å². The van der Waals surface area contributed by atoms with Gasteiger partial charge in [-0.3, -0.25) is 0 Å². The van der Waals surface area contributed by atoms with Crippen LogP contribution < -0.4 is 10.2 Å². The fourth-order valence-electron chi connectivity index (χ4n) is 3.14. The van der Waals surface area contributed by atoms with E-state index in [9.17, 15) is 0 Å². The average Bonchev–Trinajstić information content (AvgIpc) is 2.86. The molecule has 21 heavy (non-hydrogen) atoms. The fraction of sp³-hybridized carbons (Fsp3) is 0.750. The van der Waals surface area contributed by atoms with Crippen molar-refractivity contribution in [3.63, 3.8) is 0 Å². The van der Waals surface area contributed by atoms with Gasteiger partial charge in [-0.05, 0) is 39.8 Å². The molecule has 1 fully saturated rings. The zero-order valence-electron chi connectivity index (χ0n) is 13.9. The summed E-state index contributed by atoms with van der Waals surface area (Å²) in [5.74, 6) is 2.08. The van der Waals surface area contributed by atoms with Crippen LogP contribution in [0.2, 0.25) is 0 Å². The molecule has 0 radical (unpaired) electrons. The summed E-state index contributed by atoms with van der Waals surface area (Å²) in [6.45, 7) is 7.46. The largest absolute Gasteiger partial charge is 0.370 e. The van der Waals surface area contributed by atoms with E-state index < -0.39 is 0 Å². The third-order valence-electron chi connectivity index (χ3n) is 4.28. The molecule has 0 bridgehead atoms. The van der Waals surface area contributed by atoms with Crippen LogP contribution in [-0.2, 0) is 6.42 Å². The molecule has 5 heteroatoms. The van der Waals surface area contributed by atoms with Crippen molar-refractivity contribution >= 4 is 11.6 Å². The molecule has 1 aliphatic heterocycles. The van der Waals surface area contributed by atoms with Gasteiger partial charge in [-0.15, -0.1) is 0 Å². The van der Waals surface area contributed by atoms with E-state index >= 15 is 0 Å². The minimum Gasteiger partial charge on any atom is -0.370 e. The predicted octanol–water partition coefficient (Wildman–Crippen LogP) is 2.39. The molecule has 1 N–H and O–H groups in total. The van der Waals surface area contributed by atoms with Gasteiger partial charge in [0.25, 0.3) is 0 Å². The van der Waals surface area contributed by atoms with Crippen LogP contribution in [0.5, 0.6) is 0 Å². The third-order valence-corrected chi connectivity index (χ3v) is 4.28. The molecule has 0 aliphatic carbocycles. The highest BCUT2D eigenvalue weighted by molar-refractivity contribution is 5.58. The number of hydrogen-bond acceptors (Lipinski definition) is 5. The highest BCUT2D eigenvalue weighted by atomic mass is 15.2. The van der Waals surface area contributed by atoms with Crippen molar-refractivity contribution in [2.75, 3.05) is 43.9 Å². The van der Waals surface area contributed by atoms with Crippen LogP contribution in [0.15, 0.2) is 6.33 Å². The van der Waals surface area contributed by atoms with Crippen molar-refractivity contribution < 1.29 is 0 Å². The molecule has 1 atom stereocenters. The molecular weight excluding hydrogens is 262 g/mol. The lowest BCUT2D eigenvalue weighted by atomic mass is 10.1. The molecule has 5 nitrogen and oxygen atoms in total. The second kappa shape index (κ2) is 7.59. The van der Waals surface area contributed by atoms with E-state index in [1.807, 2.05) is 0 Å². The molecule has 1 aliphatic rings. The predicted molar refractivity (Wildman–Crippen MR) is 89.1 cm³/mol. The Morgan fingerprint density at radius 2 is 2.19 bits per heavy atom. The molecule has 1 aromatic heterocycles. The van der Waals surface area contributed by atoms with Crippen molar-refractivity contribution in [1.82, 2.24) is 14.9 Å². The maximum atomic E-state index is 4.56. The molecule has 118 valence electrons. The number of likely N-dealkylation sites (N-methyl/N-ethyl adjacent to an activating group) is 2. The first-order valence-electron chi connectivity index (χ1n) is 8.16. The van der Waals surface area contributed by atoms with E-state index in [4.69, 9.17) is 0 Å². The fourth-order valence-corrected chi connectivity index (χ4v) is 3.14. The molecular formula is C16H29N5. The minimum absolute atomic E-state index is 0.641. The Labute approximate surface area is 128 Å². The lowest BCUT2D eigenvalue weighted by molar-refractivity contribution is 0.314. The van der Waals surface area contributed by atoms with Gasteiger partial charge < -0.3 is 15.1 Å². The van der Waals surface area contributed by atoms with Gasteiger partial charge in [-0.1, -0.05) is 13.3 Å². The number of anilines is 2. The van der Waals surface area contributed by atoms with Gasteiger partial charge >= 0.3 is 0 Å². The highest BCUT2D eigenvalue weighted by Gasteiger charge is 2.24. The lowest BCUT2D eigenvalue weighted by Gasteiger charge is -2.28. The molecule has 1 unspecified atom stereocenters. The Balaban J connectivity index is 2.18. The summed E-state index contributed by atoms with van der Waals surface area (Å²) >= 11 is 0. The van der Waals surface area contributed by atoms with E-state index in [0.29, 0.717) is 6.04 Å². The summed E-state index contributed by atoms with van der Waals surface area (Å²) in [6, 6.07) is 0.641. The summed E-state index contributed by atoms with van der Waals surface area (Å²) < 4.78 is 0. The normalized spacial score (nSPS) is 19.0. The summed E-state index contributed by atoms with van der Waals surface area (Å²) in [7, 11) is 4.38. The SMILES string of the molecule is CCCc1c(NCC)ncnc1N(C)CC1CCCN1C. The van der Waals surface area contributed by atoms with Gasteiger partial charge in [-0.25, -0.2) is 9.97 Å². The molecule has 2 heterocycles. The number of rotatable bonds is 7. The Morgan fingerprint density at radius 3 is 2.81 bits per heavy atom. The van der Waals surface area contributed by atoms with Crippen molar-refractivity contribution in [2.24, 2.45) is 0 Å². The van der Waals surface area contributed by atoms with Crippen LogP contribution in [0.3, 0.4) is 0 Å². The molecule has 0 saturated carbocycles. The Morgan fingerprint density at radius 1 is 1.38 bits per heavy atom. The van der Waals surface area contributed by atoms with Crippen molar-refractivity contribution in [2.45, 2.75) is 45.6 Å². The summed E-state index contributed by atoms with van der Waals surface area (Å²) in [5, 5.41) is 3.37. The third kappa shape index (κ3) is 3.84. The van der Waals surface area contributed by atoms with Crippen LogP contribution in [-0.4, -0.2) is 54.6 Å². The monoisotopic (exact) mass is 291 g/mol. The van der Waals surface area contributed by atoms with Crippen LogP contribution in [0.25, 0.3) is 0 Å². The van der Waals surface area contributed by atoms with E-state index in [0.717, 1.165) is 37.6 Å². The zero-order chi connectivity index (χ0) is 15.2. The van der Waals surface area contributed by atoms with Crippen LogP contribution in [0.1, 0.15) is 38.7 Å². The minimum atomic E-state index is 0.641. The van der Waals surface area contributed by atoms with Crippen molar-refractivity contribution in [1.29, 1.82) is 0 Å². The molecule has 0 amide bonds. The first kappa shape index (κ1) is 16.0. The Kier molecular flexibility index (Phi) is 5.79. The quantitative estimate of drug-likeness (QED) is 0.835. The number of aromatic nitrogens is 2. The van der Waals surface area contributed by atoms with Gasteiger partial charge in [0.05, 0.1) is 0 Å². The van der Waals surface area contributed by atoms with Gasteiger partial charge in [0.1, 0.15) is 18.0 Å². The van der Waals surface area contributed by atoms with Crippen LogP contribution in [0.4, 0.5) is 11.6 Å².